The molecule has 0 bridgehead atoms. The Hall–Kier alpha value is -3.35. The molecule has 0 saturated carbocycles. The van der Waals surface area contributed by atoms with Crippen molar-refractivity contribution in [1.82, 2.24) is 20.2 Å². The summed E-state index contributed by atoms with van der Waals surface area (Å²) in [7, 11) is 0. The number of aromatic nitrogens is 2. The number of carbonyl (C=O) groups is 2. The van der Waals surface area contributed by atoms with Crippen LogP contribution in [0.1, 0.15) is 21.7 Å². The number of hydrogen-bond acceptors (Lipinski definition) is 3. The first-order valence-corrected chi connectivity index (χ1v) is 8.37. The third kappa shape index (κ3) is 4.00. The van der Waals surface area contributed by atoms with E-state index in [2.05, 4.69) is 20.2 Å². The number of carbonyl (C=O) groups excluding carboxylic acids is 2. The number of para-hydroxylation sites is 2. The summed E-state index contributed by atoms with van der Waals surface area (Å²) in [6.45, 7) is 3.45. The molecule has 0 saturated heterocycles. The monoisotopic (exact) mass is 351 g/mol. The first kappa shape index (κ1) is 17.5. The van der Waals surface area contributed by atoms with E-state index in [1.54, 1.807) is 24.3 Å². The molecule has 3 aromatic rings. The number of imidazole rings is 1. The van der Waals surface area contributed by atoms with E-state index in [9.17, 15) is 9.59 Å². The summed E-state index contributed by atoms with van der Waals surface area (Å²) < 4.78 is 2.09. The number of nitrogens with two attached hydrogens (primary N) is 1. The number of nitrogens with one attached hydrogen (secondary N) is 2. The van der Waals surface area contributed by atoms with Gasteiger partial charge in [0.1, 0.15) is 5.82 Å². The fraction of sp³-hybridized carbons (Fsp3) is 0.211. The number of benzene rings is 2. The number of fused-ring (bicyclic) bond motifs is 1. The molecule has 4 N–H and O–H groups in total. The number of primary amides is 1. The van der Waals surface area contributed by atoms with E-state index in [-0.39, 0.29) is 5.91 Å². The standard InChI is InChI=1S/C19H21N5O2/c1-13-23-16-4-2-3-5-17(16)24(13)11-10-21-18(25)15-8-6-14(7-9-15)12-22-19(20)26/h2-9H,10-12H2,1H3,(H,21,25)(H3,20,22,26). The maximum Gasteiger partial charge on any atom is 0.312 e. The molecular weight excluding hydrogens is 330 g/mol. The van der Waals surface area contributed by atoms with Crippen LogP contribution >= 0.6 is 0 Å². The molecule has 2 aromatic carbocycles. The number of urea groups is 1. The van der Waals surface area contributed by atoms with Gasteiger partial charge in [0.25, 0.3) is 5.91 Å². The van der Waals surface area contributed by atoms with E-state index < -0.39 is 6.03 Å². The summed E-state index contributed by atoms with van der Waals surface area (Å²) >= 11 is 0. The highest BCUT2D eigenvalue weighted by atomic mass is 16.2. The SMILES string of the molecule is Cc1nc2ccccc2n1CCNC(=O)c1ccc(CNC(N)=O)cc1. The van der Waals surface area contributed by atoms with Crippen molar-refractivity contribution in [2.75, 3.05) is 6.54 Å². The maximum absolute atomic E-state index is 12.3. The smallest absolute Gasteiger partial charge is 0.312 e. The largest absolute Gasteiger partial charge is 0.352 e. The zero-order chi connectivity index (χ0) is 18.5. The van der Waals surface area contributed by atoms with Crippen LogP contribution in [-0.4, -0.2) is 28.0 Å². The van der Waals surface area contributed by atoms with Crippen LogP contribution in [0.3, 0.4) is 0 Å². The normalized spacial score (nSPS) is 10.7. The van der Waals surface area contributed by atoms with Crippen LogP contribution in [-0.2, 0) is 13.1 Å². The second-order valence-corrected chi connectivity index (χ2v) is 5.97. The minimum absolute atomic E-state index is 0.138. The molecule has 3 rings (SSSR count). The van der Waals surface area contributed by atoms with Crippen LogP contribution in [0.15, 0.2) is 48.5 Å². The lowest BCUT2D eigenvalue weighted by molar-refractivity contribution is 0.0952. The van der Waals surface area contributed by atoms with E-state index in [0.29, 0.717) is 25.2 Å². The average Bonchev–Trinajstić information content (AvgIpc) is 2.96. The van der Waals surface area contributed by atoms with Gasteiger partial charge in [-0.25, -0.2) is 9.78 Å². The van der Waals surface area contributed by atoms with Crippen molar-refractivity contribution in [3.8, 4) is 0 Å². The quantitative estimate of drug-likeness (QED) is 0.632. The molecule has 0 fully saturated rings. The number of rotatable bonds is 6. The minimum Gasteiger partial charge on any atom is -0.352 e. The van der Waals surface area contributed by atoms with Crippen LogP contribution in [0.25, 0.3) is 11.0 Å². The summed E-state index contributed by atoms with van der Waals surface area (Å²) in [5.41, 5.74) is 8.50. The molecule has 134 valence electrons. The van der Waals surface area contributed by atoms with Crippen molar-refractivity contribution < 1.29 is 9.59 Å². The highest BCUT2D eigenvalue weighted by Gasteiger charge is 2.08. The van der Waals surface area contributed by atoms with Gasteiger partial charge in [0.2, 0.25) is 0 Å². The molecule has 1 aromatic heterocycles. The number of nitrogens with zero attached hydrogens (tertiary/aromatic N) is 2. The minimum atomic E-state index is -0.575. The van der Waals surface area contributed by atoms with E-state index in [4.69, 9.17) is 5.73 Å². The Bertz CT molecular complexity index is 931. The summed E-state index contributed by atoms with van der Waals surface area (Å²) in [6, 6.07) is 14.4. The van der Waals surface area contributed by atoms with E-state index >= 15 is 0 Å². The van der Waals surface area contributed by atoms with Gasteiger partial charge in [0.05, 0.1) is 11.0 Å². The van der Waals surface area contributed by atoms with Gasteiger partial charge in [-0.3, -0.25) is 4.79 Å². The van der Waals surface area contributed by atoms with Crippen molar-refractivity contribution in [1.29, 1.82) is 0 Å². The van der Waals surface area contributed by atoms with Crippen LogP contribution in [0.5, 0.6) is 0 Å². The first-order valence-electron chi connectivity index (χ1n) is 8.37. The van der Waals surface area contributed by atoms with Gasteiger partial charge in [-0.15, -0.1) is 0 Å². The Labute approximate surface area is 151 Å². The van der Waals surface area contributed by atoms with Crippen molar-refractivity contribution in [2.45, 2.75) is 20.0 Å². The zero-order valence-electron chi connectivity index (χ0n) is 14.5. The molecule has 0 unspecified atom stereocenters. The summed E-state index contributed by atoms with van der Waals surface area (Å²) in [5.74, 6) is 0.785. The molecular formula is C19H21N5O2. The van der Waals surface area contributed by atoms with Crippen LogP contribution in [0, 0.1) is 6.92 Å². The molecule has 1 heterocycles. The van der Waals surface area contributed by atoms with Gasteiger partial charge < -0.3 is 20.9 Å². The second-order valence-electron chi connectivity index (χ2n) is 5.97. The predicted octanol–water partition coefficient (Wildman–Crippen LogP) is 1.94. The van der Waals surface area contributed by atoms with E-state index in [1.165, 1.54) is 0 Å². The summed E-state index contributed by atoms with van der Waals surface area (Å²) in [6.07, 6.45) is 0. The highest BCUT2D eigenvalue weighted by molar-refractivity contribution is 5.94. The molecule has 7 nitrogen and oxygen atoms in total. The predicted molar refractivity (Wildman–Crippen MR) is 99.7 cm³/mol. The Morgan fingerprint density at radius 2 is 1.81 bits per heavy atom. The highest BCUT2D eigenvalue weighted by Crippen LogP contribution is 2.14. The van der Waals surface area contributed by atoms with Crippen molar-refractivity contribution in [2.24, 2.45) is 5.73 Å². The molecule has 7 heteroatoms. The van der Waals surface area contributed by atoms with Crippen molar-refractivity contribution in [3.05, 3.63) is 65.5 Å². The Balaban J connectivity index is 1.57. The zero-order valence-corrected chi connectivity index (χ0v) is 14.5. The maximum atomic E-state index is 12.3. The van der Waals surface area contributed by atoms with Gasteiger partial charge in [0.15, 0.2) is 0 Å². The van der Waals surface area contributed by atoms with Gasteiger partial charge in [-0.2, -0.15) is 0 Å². The summed E-state index contributed by atoms with van der Waals surface area (Å²) in [4.78, 5) is 27.5. The van der Waals surface area contributed by atoms with Gasteiger partial charge in [-0.1, -0.05) is 24.3 Å². The second kappa shape index (κ2) is 7.69. The molecule has 0 aliphatic heterocycles. The fourth-order valence-corrected chi connectivity index (χ4v) is 2.82. The molecule has 0 spiro atoms. The lowest BCUT2D eigenvalue weighted by Gasteiger charge is -2.09. The van der Waals surface area contributed by atoms with Crippen LogP contribution in [0.2, 0.25) is 0 Å². The molecule has 26 heavy (non-hydrogen) atoms. The summed E-state index contributed by atoms with van der Waals surface area (Å²) in [5, 5.41) is 5.43. The lowest BCUT2D eigenvalue weighted by atomic mass is 10.1. The Kier molecular flexibility index (Phi) is 5.17. The number of aryl methyl sites for hydroxylation is 1. The van der Waals surface area contributed by atoms with Crippen molar-refractivity contribution in [3.63, 3.8) is 0 Å². The molecule has 3 amide bonds. The van der Waals surface area contributed by atoms with Gasteiger partial charge >= 0.3 is 6.03 Å². The molecule has 0 atom stereocenters. The number of amides is 3. The van der Waals surface area contributed by atoms with Crippen molar-refractivity contribution >= 4 is 23.0 Å². The third-order valence-electron chi connectivity index (χ3n) is 4.15. The third-order valence-corrected chi connectivity index (χ3v) is 4.15. The van der Waals surface area contributed by atoms with E-state index in [1.807, 2.05) is 31.2 Å². The average molecular weight is 351 g/mol. The Morgan fingerprint density at radius 3 is 2.54 bits per heavy atom. The number of hydrogen-bond donors (Lipinski definition) is 3. The van der Waals surface area contributed by atoms with Crippen LogP contribution < -0.4 is 16.4 Å². The van der Waals surface area contributed by atoms with E-state index in [0.717, 1.165) is 22.4 Å². The lowest BCUT2D eigenvalue weighted by Crippen LogP contribution is -2.29. The van der Waals surface area contributed by atoms with Crippen LogP contribution in [0.4, 0.5) is 4.79 Å². The molecule has 0 radical (unpaired) electrons. The van der Waals surface area contributed by atoms with Gasteiger partial charge in [0, 0.05) is 25.2 Å². The Morgan fingerprint density at radius 1 is 1.08 bits per heavy atom. The topological polar surface area (TPSA) is 102 Å². The molecule has 0 aliphatic carbocycles. The van der Waals surface area contributed by atoms with Gasteiger partial charge in [-0.05, 0) is 36.8 Å². The first-order chi connectivity index (χ1) is 12.5. The molecule has 0 aliphatic rings. The fourth-order valence-electron chi connectivity index (χ4n) is 2.82.